The molecule has 1 fully saturated rings. The van der Waals surface area contributed by atoms with Crippen molar-refractivity contribution < 1.29 is 9.53 Å². The molecule has 0 unspecified atom stereocenters. The third-order valence-electron chi connectivity index (χ3n) is 7.48. The maximum atomic E-state index is 12.7. The maximum absolute atomic E-state index is 12.7. The van der Waals surface area contributed by atoms with Gasteiger partial charge in [0.15, 0.2) is 0 Å². The SMILES string of the molecule is CCCCCCCCCc1ccc(OC(=O)c2ccc(C3CCC(CC)CC3)cc2)c(C#N)c1. The summed E-state index contributed by atoms with van der Waals surface area (Å²) in [4.78, 5) is 12.7. The minimum atomic E-state index is -0.405. The van der Waals surface area contributed by atoms with E-state index < -0.39 is 5.97 Å². The molecule has 0 heterocycles. The van der Waals surface area contributed by atoms with Gasteiger partial charge >= 0.3 is 5.97 Å². The van der Waals surface area contributed by atoms with E-state index in [9.17, 15) is 10.1 Å². The fourth-order valence-corrected chi connectivity index (χ4v) is 5.15. The zero-order valence-corrected chi connectivity index (χ0v) is 21.2. The predicted octanol–water partition coefficient (Wildman–Crippen LogP) is 8.75. The molecular formula is C31H41NO2. The lowest BCUT2D eigenvalue weighted by Gasteiger charge is -2.28. The molecule has 0 amide bonds. The van der Waals surface area contributed by atoms with Crippen LogP contribution in [0.4, 0.5) is 0 Å². The van der Waals surface area contributed by atoms with Crippen molar-refractivity contribution in [2.45, 2.75) is 103 Å². The first-order chi connectivity index (χ1) is 16.6. The van der Waals surface area contributed by atoms with Crippen LogP contribution >= 0.6 is 0 Å². The standard InChI is InChI=1S/C31H41NO2/c1-3-5-6-7-8-9-10-11-25-14-21-30(29(22-25)23-32)34-31(33)28-19-17-27(18-20-28)26-15-12-24(4-2)13-16-26/h14,17-22,24,26H,3-13,15-16H2,1-2H3. The highest BCUT2D eigenvalue weighted by atomic mass is 16.5. The van der Waals surface area contributed by atoms with Gasteiger partial charge in [-0.3, -0.25) is 0 Å². The first-order valence-corrected chi connectivity index (χ1v) is 13.5. The van der Waals surface area contributed by atoms with Gasteiger partial charge in [-0.05, 0) is 85.8 Å². The molecule has 0 bridgehead atoms. The van der Waals surface area contributed by atoms with Gasteiger partial charge in [0.25, 0.3) is 0 Å². The van der Waals surface area contributed by atoms with Crippen molar-refractivity contribution >= 4 is 5.97 Å². The van der Waals surface area contributed by atoms with Crippen LogP contribution in [0.15, 0.2) is 42.5 Å². The van der Waals surface area contributed by atoms with Crippen LogP contribution in [-0.2, 0) is 6.42 Å². The number of carbonyl (C=O) groups excluding carboxylic acids is 1. The molecule has 2 aromatic rings. The number of hydrogen-bond donors (Lipinski definition) is 0. The molecule has 0 aromatic heterocycles. The van der Waals surface area contributed by atoms with Crippen LogP contribution in [0.5, 0.6) is 5.75 Å². The van der Waals surface area contributed by atoms with Crippen LogP contribution in [0.2, 0.25) is 0 Å². The van der Waals surface area contributed by atoms with Crippen molar-refractivity contribution in [2.24, 2.45) is 5.92 Å². The summed E-state index contributed by atoms with van der Waals surface area (Å²) in [5.41, 5.74) is 3.41. The van der Waals surface area contributed by atoms with E-state index in [2.05, 4.69) is 32.0 Å². The maximum Gasteiger partial charge on any atom is 0.343 e. The summed E-state index contributed by atoms with van der Waals surface area (Å²) in [6.45, 7) is 4.52. The van der Waals surface area contributed by atoms with Gasteiger partial charge in [-0.25, -0.2) is 4.79 Å². The molecule has 0 radical (unpaired) electrons. The van der Waals surface area contributed by atoms with E-state index in [1.54, 1.807) is 6.07 Å². The van der Waals surface area contributed by atoms with Crippen molar-refractivity contribution in [2.75, 3.05) is 0 Å². The van der Waals surface area contributed by atoms with E-state index in [-0.39, 0.29) is 0 Å². The molecule has 1 aliphatic rings. The van der Waals surface area contributed by atoms with Crippen LogP contribution < -0.4 is 4.74 Å². The van der Waals surface area contributed by atoms with Gasteiger partial charge in [-0.15, -0.1) is 0 Å². The zero-order valence-electron chi connectivity index (χ0n) is 21.2. The summed E-state index contributed by atoms with van der Waals surface area (Å²) in [5.74, 6) is 1.42. The van der Waals surface area contributed by atoms with E-state index >= 15 is 0 Å². The first-order valence-electron chi connectivity index (χ1n) is 13.5. The number of hydrogen-bond acceptors (Lipinski definition) is 3. The molecule has 0 saturated heterocycles. The van der Waals surface area contributed by atoms with Gasteiger partial charge in [-0.1, -0.05) is 77.0 Å². The van der Waals surface area contributed by atoms with E-state index in [1.165, 1.54) is 76.2 Å². The Bertz CT molecular complexity index is 933. The summed E-state index contributed by atoms with van der Waals surface area (Å²) in [5, 5.41) is 9.59. The van der Waals surface area contributed by atoms with Gasteiger partial charge in [0.1, 0.15) is 11.8 Å². The number of rotatable bonds is 12. The highest BCUT2D eigenvalue weighted by Gasteiger charge is 2.21. The molecule has 182 valence electrons. The number of nitrogens with zero attached hydrogens (tertiary/aromatic N) is 1. The highest BCUT2D eigenvalue weighted by Crippen LogP contribution is 2.37. The number of benzene rings is 2. The van der Waals surface area contributed by atoms with E-state index in [1.807, 2.05) is 24.3 Å². The average Bonchev–Trinajstić information content (AvgIpc) is 2.89. The molecule has 0 N–H and O–H groups in total. The molecule has 3 rings (SSSR count). The summed E-state index contributed by atoms with van der Waals surface area (Å²) in [6, 6.07) is 15.7. The monoisotopic (exact) mass is 459 g/mol. The second-order valence-corrected chi connectivity index (χ2v) is 9.95. The molecule has 0 spiro atoms. The van der Waals surface area contributed by atoms with Crippen molar-refractivity contribution in [1.82, 2.24) is 0 Å². The van der Waals surface area contributed by atoms with Crippen LogP contribution in [0, 0.1) is 17.2 Å². The lowest BCUT2D eigenvalue weighted by atomic mass is 9.78. The molecule has 0 atom stereocenters. The van der Waals surface area contributed by atoms with E-state index in [4.69, 9.17) is 4.74 Å². The van der Waals surface area contributed by atoms with Gasteiger partial charge < -0.3 is 4.74 Å². The minimum Gasteiger partial charge on any atom is -0.422 e. The Hall–Kier alpha value is -2.60. The lowest BCUT2D eigenvalue weighted by molar-refractivity contribution is 0.0734. The molecule has 1 saturated carbocycles. The number of ether oxygens (including phenoxy) is 1. The number of nitriles is 1. The largest absolute Gasteiger partial charge is 0.422 e. The summed E-state index contributed by atoms with van der Waals surface area (Å²) in [7, 11) is 0. The van der Waals surface area contributed by atoms with Crippen molar-refractivity contribution in [3.05, 3.63) is 64.7 Å². The topological polar surface area (TPSA) is 50.1 Å². The Morgan fingerprint density at radius 3 is 2.24 bits per heavy atom. The number of unbranched alkanes of at least 4 members (excludes halogenated alkanes) is 6. The number of esters is 1. The predicted molar refractivity (Wildman–Crippen MR) is 139 cm³/mol. The van der Waals surface area contributed by atoms with Gasteiger partial charge in [0.05, 0.1) is 11.1 Å². The van der Waals surface area contributed by atoms with Crippen LogP contribution in [-0.4, -0.2) is 5.97 Å². The first kappa shape index (κ1) is 26.0. The Balaban J connectivity index is 1.51. The van der Waals surface area contributed by atoms with Crippen molar-refractivity contribution in [3.63, 3.8) is 0 Å². The van der Waals surface area contributed by atoms with Crippen LogP contribution in [0.3, 0.4) is 0 Å². The van der Waals surface area contributed by atoms with E-state index in [0.717, 1.165) is 24.3 Å². The summed E-state index contributed by atoms with van der Waals surface area (Å²) < 4.78 is 5.61. The lowest BCUT2D eigenvalue weighted by Crippen LogP contribution is -2.13. The molecule has 3 nitrogen and oxygen atoms in total. The minimum absolute atomic E-state index is 0.345. The average molecular weight is 460 g/mol. The Kier molecular flexibility index (Phi) is 10.7. The quantitative estimate of drug-likeness (QED) is 0.181. The highest BCUT2D eigenvalue weighted by molar-refractivity contribution is 5.91. The number of aryl methyl sites for hydroxylation is 1. The normalized spacial score (nSPS) is 17.8. The molecule has 3 heteroatoms. The third kappa shape index (κ3) is 7.73. The fraction of sp³-hybridized carbons (Fsp3) is 0.548. The van der Waals surface area contributed by atoms with Gasteiger partial charge in [0, 0.05) is 0 Å². The smallest absolute Gasteiger partial charge is 0.343 e. The molecule has 1 aliphatic carbocycles. The Labute approximate surface area is 206 Å². The second-order valence-electron chi connectivity index (χ2n) is 9.95. The van der Waals surface area contributed by atoms with Crippen LogP contribution in [0.25, 0.3) is 0 Å². The molecular weight excluding hydrogens is 418 g/mol. The van der Waals surface area contributed by atoms with Crippen LogP contribution in [0.1, 0.15) is 124 Å². The fourth-order valence-electron chi connectivity index (χ4n) is 5.15. The van der Waals surface area contributed by atoms with Gasteiger partial charge in [-0.2, -0.15) is 5.26 Å². The molecule has 34 heavy (non-hydrogen) atoms. The Morgan fingerprint density at radius 2 is 1.59 bits per heavy atom. The molecule has 0 aliphatic heterocycles. The summed E-state index contributed by atoms with van der Waals surface area (Å²) >= 11 is 0. The summed E-state index contributed by atoms with van der Waals surface area (Å²) in [6.07, 6.45) is 16.2. The second kappa shape index (κ2) is 14.0. The number of carbonyl (C=O) groups is 1. The third-order valence-corrected chi connectivity index (χ3v) is 7.48. The van der Waals surface area contributed by atoms with Gasteiger partial charge in [0.2, 0.25) is 0 Å². The molecule has 2 aromatic carbocycles. The zero-order chi connectivity index (χ0) is 24.2. The van der Waals surface area contributed by atoms with Crippen molar-refractivity contribution in [3.8, 4) is 11.8 Å². The Morgan fingerprint density at radius 1 is 0.912 bits per heavy atom. The van der Waals surface area contributed by atoms with Crippen molar-refractivity contribution in [1.29, 1.82) is 5.26 Å². The van der Waals surface area contributed by atoms with E-state index in [0.29, 0.717) is 22.8 Å².